The Morgan fingerprint density at radius 3 is 2.15 bits per heavy atom. The first kappa shape index (κ1) is 13.8. The topological polar surface area (TPSA) is 74.6 Å². The summed E-state index contributed by atoms with van der Waals surface area (Å²) in [4.78, 5) is 23.1. The summed E-state index contributed by atoms with van der Waals surface area (Å²) in [7, 11) is 0. The maximum absolute atomic E-state index is 12.4. The van der Waals surface area contributed by atoms with Crippen LogP contribution in [0.4, 0.5) is 0 Å². The Hall–Kier alpha value is -2.62. The number of hydrogen-bond donors (Lipinski definition) is 2. The molecule has 0 saturated heterocycles. The molecule has 0 aliphatic carbocycles. The zero-order chi connectivity index (χ0) is 14.5. The minimum Gasteiger partial charge on any atom is -0.507 e. The molecule has 20 heavy (non-hydrogen) atoms. The summed E-state index contributed by atoms with van der Waals surface area (Å²) >= 11 is 0. The van der Waals surface area contributed by atoms with E-state index in [0.717, 1.165) is 0 Å². The summed E-state index contributed by atoms with van der Waals surface area (Å²) in [5.41, 5.74) is 1.31. The lowest BCUT2D eigenvalue weighted by atomic mass is 9.95. The Kier molecular flexibility index (Phi) is 4.15. The fourth-order valence-corrected chi connectivity index (χ4v) is 2.01. The quantitative estimate of drug-likeness (QED) is 0.819. The van der Waals surface area contributed by atoms with Crippen molar-refractivity contribution in [1.82, 2.24) is 0 Å². The van der Waals surface area contributed by atoms with E-state index in [1.165, 1.54) is 6.07 Å². The van der Waals surface area contributed by atoms with E-state index in [2.05, 4.69) is 0 Å². The van der Waals surface area contributed by atoms with Gasteiger partial charge in [-0.3, -0.25) is 9.59 Å². The maximum atomic E-state index is 12.4. The number of ketones is 1. The molecule has 2 aromatic carbocycles. The largest absolute Gasteiger partial charge is 0.507 e. The lowest BCUT2D eigenvalue weighted by Gasteiger charge is -2.08. The molecule has 0 heterocycles. The molecule has 2 N–H and O–H groups in total. The summed E-state index contributed by atoms with van der Waals surface area (Å²) in [5.74, 6) is -1.29. The number of aromatic hydroxyl groups is 1. The molecule has 2 aromatic rings. The molecule has 0 amide bonds. The van der Waals surface area contributed by atoms with Crippen LogP contribution < -0.4 is 0 Å². The van der Waals surface area contributed by atoms with Gasteiger partial charge < -0.3 is 10.2 Å². The van der Waals surface area contributed by atoms with Crippen molar-refractivity contribution in [2.45, 2.75) is 12.8 Å². The minimum atomic E-state index is -0.908. The molecule has 0 atom stereocenters. The van der Waals surface area contributed by atoms with Crippen LogP contribution in [0, 0.1) is 0 Å². The summed E-state index contributed by atoms with van der Waals surface area (Å²) in [6.07, 6.45) is 0.246. The number of hydrogen-bond acceptors (Lipinski definition) is 3. The Balaban J connectivity index is 2.35. The molecule has 0 spiro atoms. The van der Waals surface area contributed by atoms with Gasteiger partial charge in [-0.1, -0.05) is 36.4 Å². The van der Waals surface area contributed by atoms with Gasteiger partial charge in [0, 0.05) is 12.0 Å². The number of benzene rings is 2. The zero-order valence-electron chi connectivity index (χ0n) is 10.7. The molecule has 0 aliphatic rings. The van der Waals surface area contributed by atoms with Crippen LogP contribution in [0.25, 0.3) is 0 Å². The molecule has 0 fully saturated rings. The van der Waals surface area contributed by atoms with E-state index in [0.29, 0.717) is 11.1 Å². The Morgan fingerprint density at radius 2 is 1.50 bits per heavy atom. The Morgan fingerprint density at radius 1 is 0.900 bits per heavy atom. The van der Waals surface area contributed by atoms with Crippen LogP contribution in [0.1, 0.15) is 27.9 Å². The fraction of sp³-hybridized carbons (Fsp3) is 0.125. The molecule has 2 rings (SSSR count). The second-order valence-corrected chi connectivity index (χ2v) is 4.40. The molecular formula is C16H14O4. The first-order chi connectivity index (χ1) is 9.59. The van der Waals surface area contributed by atoms with Crippen LogP contribution in [0.5, 0.6) is 5.75 Å². The first-order valence-electron chi connectivity index (χ1n) is 6.22. The standard InChI is InChI=1S/C16H14O4/c17-14-8-4-3-7-13(14)16(20)12-6-2-1-5-11(12)9-10-15(18)19/h1-8,17H,9-10H2,(H,18,19). The third-order valence-corrected chi connectivity index (χ3v) is 3.02. The monoisotopic (exact) mass is 270 g/mol. The predicted molar refractivity (Wildman–Crippen MR) is 73.9 cm³/mol. The second-order valence-electron chi connectivity index (χ2n) is 4.40. The third-order valence-electron chi connectivity index (χ3n) is 3.02. The van der Waals surface area contributed by atoms with Gasteiger partial charge in [0.05, 0.1) is 5.56 Å². The highest BCUT2D eigenvalue weighted by Crippen LogP contribution is 2.22. The highest BCUT2D eigenvalue weighted by Gasteiger charge is 2.16. The number of phenolic OH excluding ortho intramolecular Hbond substituents is 1. The van der Waals surface area contributed by atoms with Gasteiger partial charge in [-0.15, -0.1) is 0 Å². The normalized spacial score (nSPS) is 10.2. The molecule has 102 valence electrons. The van der Waals surface area contributed by atoms with E-state index < -0.39 is 5.97 Å². The molecule has 4 nitrogen and oxygen atoms in total. The van der Waals surface area contributed by atoms with Gasteiger partial charge in [-0.05, 0) is 24.1 Å². The molecule has 0 radical (unpaired) electrons. The van der Waals surface area contributed by atoms with Crippen LogP contribution in [0.15, 0.2) is 48.5 Å². The van der Waals surface area contributed by atoms with Crippen molar-refractivity contribution in [2.75, 3.05) is 0 Å². The lowest BCUT2D eigenvalue weighted by molar-refractivity contribution is -0.136. The summed E-state index contributed by atoms with van der Waals surface area (Å²) in [5, 5.41) is 18.5. The van der Waals surface area contributed by atoms with Crippen molar-refractivity contribution in [3.8, 4) is 5.75 Å². The number of carboxylic acids is 1. The average molecular weight is 270 g/mol. The molecule has 4 heteroatoms. The van der Waals surface area contributed by atoms with Crippen LogP contribution in [0.2, 0.25) is 0 Å². The van der Waals surface area contributed by atoms with E-state index in [1.54, 1.807) is 42.5 Å². The van der Waals surface area contributed by atoms with E-state index >= 15 is 0 Å². The predicted octanol–water partition coefficient (Wildman–Crippen LogP) is 2.64. The lowest BCUT2D eigenvalue weighted by Crippen LogP contribution is -2.07. The van der Waals surface area contributed by atoms with Gasteiger partial charge in [0.1, 0.15) is 5.75 Å². The number of carbonyl (C=O) groups is 2. The average Bonchev–Trinajstić information content (AvgIpc) is 2.45. The van der Waals surface area contributed by atoms with E-state index in [4.69, 9.17) is 5.11 Å². The number of phenols is 1. The van der Waals surface area contributed by atoms with Gasteiger partial charge in [0.25, 0.3) is 0 Å². The molecule has 0 bridgehead atoms. The minimum absolute atomic E-state index is 0.0366. The smallest absolute Gasteiger partial charge is 0.303 e. The van der Waals surface area contributed by atoms with E-state index in [1.807, 2.05) is 0 Å². The number of aryl methyl sites for hydroxylation is 1. The highest BCUT2D eigenvalue weighted by atomic mass is 16.4. The molecule has 0 aromatic heterocycles. The van der Waals surface area contributed by atoms with Crippen molar-refractivity contribution in [1.29, 1.82) is 0 Å². The second kappa shape index (κ2) is 6.02. The summed E-state index contributed by atoms with van der Waals surface area (Å²) in [6, 6.07) is 13.2. The van der Waals surface area contributed by atoms with Crippen molar-refractivity contribution in [2.24, 2.45) is 0 Å². The van der Waals surface area contributed by atoms with Crippen LogP contribution >= 0.6 is 0 Å². The van der Waals surface area contributed by atoms with E-state index in [-0.39, 0.29) is 29.9 Å². The Labute approximate surface area is 116 Å². The van der Waals surface area contributed by atoms with Gasteiger partial charge in [0.2, 0.25) is 0 Å². The molecule has 0 unspecified atom stereocenters. The van der Waals surface area contributed by atoms with Crippen molar-refractivity contribution >= 4 is 11.8 Å². The third kappa shape index (κ3) is 3.03. The molecule has 0 aliphatic heterocycles. The van der Waals surface area contributed by atoms with Crippen molar-refractivity contribution < 1.29 is 19.8 Å². The first-order valence-corrected chi connectivity index (χ1v) is 6.22. The van der Waals surface area contributed by atoms with Gasteiger partial charge in [0.15, 0.2) is 5.78 Å². The SMILES string of the molecule is O=C(O)CCc1ccccc1C(=O)c1ccccc1O. The van der Waals surface area contributed by atoms with Gasteiger partial charge in [-0.25, -0.2) is 0 Å². The number of carboxylic acid groups (broad SMARTS) is 1. The number of carbonyl (C=O) groups excluding carboxylic acids is 1. The zero-order valence-corrected chi connectivity index (χ0v) is 10.7. The number of aliphatic carboxylic acids is 1. The van der Waals surface area contributed by atoms with Crippen molar-refractivity contribution in [3.05, 3.63) is 65.2 Å². The van der Waals surface area contributed by atoms with Crippen molar-refractivity contribution in [3.63, 3.8) is 0 Å². The number of rotatable bonds is 5. The fourth-order valence-electron chi connectivity index (χ4n) is 2.01. The molecular weight excluding hydrogens is 256 g/mol. The van der Waals surface area contributed by atoms with Gasteiger partial charge in [-0.2, -0.15) is 0 Å². The molecule has 0 saturated carbocycles. The summed E-state index contributed by atoms with van der Waals surface area (Å²) < 4.78 is 0. The van der Waals surface area contributed by atoms with E-state index in [9.17, 15) is 14.7 Å². The van der Waals surface area contributed by atoms with Crippen LogP contribution in [-0.4, -0.2) is 22.0 Å². The van der Waals surface area contributed by atoms with Gasteiger partial charge >= 0.3 is 5.97 Å². The Bertz CT molecular complexity index is 646. The number of para-hydroxylation sites is 1. The highest BCUT2D eigenvalue weighted by molar-refractivity contribution is 6.11. The van der Waals surface area contributed by atoms with Crippen LogP contribution in [-0.2, 0) is 11.2 Å². The maximum Gasteiger partial charge on any atom is 0.303 e. The summed E-state index contributed by atoms with van der Waals surface area (Å²) in [6.45, 7) is 0. The van der Waals surface area contributed by atoms with Crippen LogP contribution in [0.3, 0.4) is 0 Å².